The normalized spacial score (nSPS) is 16.6. The van der Waals surface area contributed by atoms with Crippen LogP contribution in [-0.4, -0.2) is 0 Å². The molecule has 14 aromatic rings. The zero-order chi connectivity index (χ0) is 56.3. The van der Waals surface area contributed by atoms with Gasteiger partial charge in [-0.25, -0.2) is 0 Å². The van der Waals surface area contributed by atoms with E-state index in [2.05, 4.69) is 0 Å². The zero-order valence-electron chi connectivity index (χ0n) is 50.6. The molecule has 0 N–H and O–H groups in total. The van der Waals surface area contributed by atoms with Crippen molar-refractivity contribution in [2.24, 2.45) is 0 Å². The van der Waals surface area contributed by atoms with Crippen molar-refractivity contribution >= 4 is 97.3 Å². The van der Waals surface area contributed by atoms with E-state index in [9.17, 15) is 15.1 Å². The average molecular weight is 790 g/mol. The van der Waals surface area contributed by atoms with Gasteiger partial charge in [0.25, 0.3) is 0 Å². The molecule has 0 bridgehead atoms. The number of furan rings is 1. The van der Waals surface area contributed by atoms with E-state index in [1.54, 1.807) is 48.5 Å². The predicted octanol–water partition coefficient (Wildman–Crippen LogP) is 17.2. The van der Waals surface area contributed by atoms with Gasteiger partial charge >= 0.3 is 0 Å². The van der Waals surface area contributed by atoms with Gasteiger partial charge in [-0.3, -0.25) is 0 Å². The highest BCUT2D eigenvalue weighted by Gasteiger charge is 2.22. The molecule has 0 saturated heterocycles. The predicted molar refractivity (Wildman–Crippen MR) is 260 cm³/mol. The molecular formula is C60H34O. The maximum absolute atomic E-state index is 10.2. The van der Waals surface area contributed by atoms with Gasteiger partial charge in [-0.15, -0.1) is 0 Å². The van der Waals surface area contributed by atoms with Crippen molar-refractivity contribution in [3.8, 4) is 44.5 Å². The summed E-state index contributed by atoms with van der Waals surface area (Å²) in [6.07, 6.45) is 0. The fourth-order valence-electron chi connectivity index (χ4n) is 9.20. The second kappa shape index (κ2) is 12.3. The van der Waals surface area contributed by atoms with Gasteiger partial charge in [0.1, 0.15) is 11.2 Å². The number of hydrogen-bond acceptors (Lipinski definition) is 1. The fourth-order valence-corrected chi connectivity index (χ4v) is 9.20. The minimum atomic E-state index is -0.637. The van der Waals surface area contributed by atoms with Gasteiger partial charge in [-0.2, -0.15) is 0 Å². The van der Waals surface area contributed by atoms with Crippen LogP contribution in [0.3, 0.4) is 0 Å². The summed E-state index contributed by atoms with van der Waals surface area (Å²) in [7, 11) is 0. The standard InChI is InChI=1S/C60H34O/c1-2-8-35(9-3-1)58-50(44-24-29-54-51(31-44)52-30-42-10-4-5-11-43(42)34-55(52)61-54)32-45(46-25-20-40-18-16-36-12-6-14-38-22-27-48(46)59(40)56(36)38)33-53(58)47-26-21-41-19-17-37-13-7-15-39-23-28-49(47)60(41)57(37)39/h1-34H/i6D,7D,12D,13D,14D,15D,16D,17D,18D,19D,20D,21D,22D,23D,25D,26D,27D,28D,31D. The molecule has 0 aliphatic carbocycles. The van der Waals surface area contributed by atoms with Crippen LogP contribution in [0.5, 0.6) is 0 Å². The molecule has 1 heterocycles. The quantitative estimate of drug-likeness (QED) is 0.162. The van der Waals surface area contributed by atoms with E-state index < -0.39 is 109 Å². The van der Waals surface area contributed by atoms with Crippen LogP contribution in [-0.2, 0) is 0 Å². The van der Waals surface area contributed by atoms with Gasteiger partial charge in [0, 0.05) is 10.8 Å². The number of benzene rings is 13. The average Bonchev–Trinajstić information content (AvgIpc) is 2.09. The summed E-state index contributed by atoms with van der Waals surface area (Å²) in [6, 6.07) is 16.2. The van der Waals surface area contributed by atoms with Crippen molar-refractivity contribution in [1.82, 2.24) is 0 Å². The first-order chi connectivity index (χ1) is 38.2. The highest BCUT2D eigenvalue weighted by atomic mass is 16.3. The summed E-state index contributed by atoms with van der Waals surface area (Å²) >= 11 is 0. The van der Waals surface area contributed by atoms with E-state index in [1.165, 1.54) is 6.07 Å². The van der Waals surface area contributed by atoms with Crippen LogP contribution in [0.4, 0.5) is 0 Å². The monoisotopic (exact) mass is 789 g/mol. The fraction of sp³-hybridized carbons (Fsp3) is 0. The molecule has 0 aliphatic heterocycles. The molecule has 0 atom stereocenters. The highest BCUT2D eigenvalue weighted by Crippen LogP contribution is 2.49. The smallest absolute Gasteiger partial charge is 0.136 e. The van der Waals surface area contributed by atoms with Crippen molar-refractivity contribution in [2.75, 3.05) is 0 Å². The third-order valence-corrected chi connectivity index (χ3v) is 11.9. The topological polar surface area (TPSA) is 13.1 Å². The van der Waals surface area contributed by atoms with Gasteiger partial charge in [-0.05, 0) is 156 Å². The summed E-state index contributed by atoms with van der Waals surface area (Å²) in [5.74, 6) is 0. The van der Waals surface area contributed by atoms with E-state index in [4.69, 9.17) is 15.4 Å². The lowest BCUT2D eigenvalue weighted by molar-refractivity contribution is 0.669. The second-order valence-corrected chi connectivity index (χ2v) is 15.2. The summed E-state index contributed by atoms with van der Waals surface area (Å²) < 4.78 is 185. The minimum Gasteiger partial charge on any atom is -0.456 e. The van der Waals surface area contributed by atoms with Crippen LogP contribution in [0.25, 0.3) is 142 Å². The SMILES string of the molecule is [2H]c1c([2H])c2c([2H])c([2H])c3c([2H])c([2H])c(-c4cc(-c5ccc6oc7cc8ccccc8cc7c6c5[2H])c(-c5ccccc5)c(-c5c([2H])c([2H])c6c([2H])c([2H])c7c([2H])c([2H])c([2H])c8c([2H])c([2H])c5c6c78)c4)c4c([2H])c([2H])c(c1[2H])c2c34. The Labute approximate surface area is 377 Å². The van der Waals surface area contributed by atoms with Gasteiger partial charge in [0.05, 0.1) is 26.0 Å². The Kier molecular flexibility index (Phi) is 3.99. The molecule has 0 unspecified atom stereocenters. The lowest BCUT2D eigenvalue weighted by Crippen LogP contribution is -1.95. The Bertz CT molecular complexity index is 5170. The Balaban J connectivity index is 1.24. The molecule has 0 radical (unpaired) electrons. The zero-order valence-corrected chi connectivity index (χ0v) is 31.6. The molecule has 13 aromatic carbocycles. The molecule has 0 spiro atoms. The minimum absolute atomic E-state index is 0.0159. The van der Waals surface area contributed by atoms with Crippen molar-refractivity contribution in [2.45, 2.75) is 0 Å². The van der Waals surface area contributed by atoms with Crippen LogP contribution >= 0.6 is 0 Å². The molecular weight excluding hydrogens is 737 g/mol. The van der Waals surface area contributed by atoms with E-state index >= 15 is 0 Å². The Morgan fingerprint density at radius 3 is 1.52 bits per heavy atom. The number of fused-ring (bicyclic) bond motifs is 4. The molecule has 1 nitrogen and oxygen atoms in total. The van der Waals surface area contributed by atoms with Crippen LogP contribution in [0.15, 0.2) is 210 Å². The van der Waals surface area contributed by atoms with Crippen LogP contribution in [0.1, 0.15) is 26.0 Å². The van der Waals surface area contributed by atoms with E-state index in [-0.39, 0.29) is 110 Å². The number of hydrogen-bond donors (Lipinski definition) is 0. The summed E-state index contributed by atoms with van der Waals surface area (Å²) in [5.41, 5.74) is 1.80. The van der Waals surface area contributed by atoms with Crippen molar-refractivity contribution in [1.29, 1.82) is 0 Å². The summed E-state index contributed by atoms with van der Waals surface area (Å²) in [5, 5.41) is 0.549. The summed E-state index contributed by atoms with van der Waals surface area (Å²) in [4.78, 5) is 0. The largest absolute Gasteiger partial charge is 0.456 e. The lowest BCUT2D eigenvalue weighted by atomic mass is 9.81. The van der Waals surface area contributed by atoms with Crippen LogP contribution in [0.2, 0.25) is 0 Å². The van der Waals surface area contributed by atoms with Crippen molar-refractivity contribution < 1.29 is 30.5 Å². The first-order valence-corrected chi connectivity index (χ1v) is 19.6. The first kappa shape index (κ1) is 19.8. The highest BCUT2D eigenvalue weighted by molar-refractivity contribution is 6.28. The molecule has 0 amide bonds. The van der Waals surface area contributed by atoms with Gasteiger partial charge in [0.2, 0.25) is 0 Å². The molecule has 1 aromatic heterocycles. The lowest BCUT2D eigenvalue weighted by Gasteiger charge is -2.22. The molecule has 14 rings (SSSR count). The van der Waals surface area contributed by atoms with E-state index in [1.807, 2.05) is 36.4 Å². The Morgan fingerprint density at radius 1 is 0.311 bits per heavy atom. The maximum Gasteiger partial charge on any atom is 0.136 e. The van der Waals surface area contributed by atoms with Crippen molar-refractivity contribution in [3.05, 3.63) is 206 Å². The molecule has 0 aliphatic rings. The maximum atomic E-state index is 10.2. The molecule has 280 valence electrons. The van der Waals surface area contributed by atoms with Crippen LogP contribution in [0, 0.1) is 0 Å². The van der Waals surface area contributed by atoms with Crippen molar-refractivity contribution in [3.63, 3.8) is 0 Å². The summed E-state index contributed by atoms with van der Waals surface area (Å²) in [6.45, 7) is 0. The molecule has 0 fully saturated rings. The van der Waals surface area contributed by atoms with Gasteiger partial charge in [0.15, 0.2) is 0 Å². The molecule has 0 saturated carbocycles. The first-order valence-electron chi connectivity index (χ1n) is 29.1. The third-order valence-electron chi connectivity index (χ3n) is 11.9. The number of rotatable bonds is 4. The van der Waals surface area contributed by atoms with Gasteiger partial charge in [-0.1, -0.05) is 169 Å². The third kappa shape index (κ3) is 4.72. The molecule has 1 heteroatoms. The van der Waals surface area contributed by atoms with Crippen LogP contribution < -0.4 is 0 Å². The van der Waals surface area contributed by atoms with E-state index in [0.29, 0.717) is 27.5 Å². The Morgan fingerprint density at radius 2 is 0.852 bits per heavy atom. The molecule has 61 heavy (non-hydrogen) atoms. The second-order valence-electron chi connectivity index (χ2n) is 15.2. The van der Waals surface area contributed by atoms with Gasteiger partial charge < -0.3 is 4.42 Å². The van der Waals surface area contributed by atoms with E-state index in [0.717, 1.165) is 10.8 Å². The Hall–Kier alpha value is -8.00.